The molecule has 0 bridgehead atoms. The van der Waals surface area contributed by atoms with Crippen LogP contribution >= 0.6 is 22.9 Å². The number of hydrogen-bond acceptors (Lipinski definition) is 4. The molecule has 0 amide bonds. The van der Waals surface area contributed by atoms with Gasteiger partial charge in [0.05, 0.1) is 0 Å². The summed E-state index contributed by atoms with van der Waals surface area (Å²) in [5.41, 5.74) is 0.823. The van der Waals surface area contributed by atoms with E-state index in [9.17, 15) is 8.42 Å². The van der Waals surface area contributed by atoms with Crippen molar-refractivity contribution in [3.8, 4) is 0 Å². The van der Waals surface area contributed by atoms with E-state index in [2.05, 4.69) is 4.90 Å². The molecule has 2 saturated heterocycles. The van der Waals surface area contributed by atoms with Gasteiger partial charge < -0.3 is 0 Å². The van der Waals surface area contributed by atoms with Gasteiger partial charge in [0, 0.05) is 28.9 Å². The van der Waals surface area contributed by atoms with E-state index in [1.807, 2.05) is 25.1 Å². The summed E-state index contributed by atoms with van der Waals surface area (Å²) in [7, 11) is -3.43. The summed E-state index contributed by atoms with van der Waals surface area (Å²) in [6.07, 6.45) is 4.71. The highest BCUT2D eigenvalue weighted by molar-refractivity contribution is 7.91. The van der Waals surface area contributed by atoms with Gasteiger partial charge in [0.25, 0.3) is 10.0 Å². The first-order valence-corrected chi connectivity index (χ1v) is 11.5. The molecule has 2 aliphatic rings. The third-order valence-electron chi connectivity index (χ3n) is 5.46. The summed E-state index contributed by atoms with van der Waals surface area (Å²) in [5, 5.41) is 1.59. The molecular weight excluding hydrogens is 376 g/mol. The van der Waals surface area contributed by atoms with Crippen molar-refractivity contribution >= 4 is 43.0 Å². The van der Waals surface area contributed by atoms with Crippen LogP contribution in [0.25, 0.3) is 10.1 Å². The zero-order valence-corrected chi connectivity index (χ0v) is 16.8. The second-order valence-electron chi connectivity index (χ2n) is 7.06. The first-order chi connectivity index (χ1) is 12.0. The number of benzene rings is 1. The molecule has 2 aliphatic heterocycles. The van der Waals surface area contributed by atoms with Crippen molar-refractivity contribution in [2.24, 2.45) is 0 Å². The number of hydrogen-bond donors (Lipinski definition) is 0. The smallest absolute Gasteiger partial charge is 0.252 e. The fraction of sp³-hybridized carbons (Fsp3) is 0.556. The monoisotopic (exact) mass is 398 g/mol. The Balaban J connectivity index is 1.61. The van der Waals surface area contributed by atoms with E-state index in [0.717, 1.165) is 35.2 Å². The SMILES string of the molecule is Cc1c(S(=O)(=O)N2CC[C@H](N3CCCCC3)C2)sc2ccc(Cl)cc12. The molecule has 0 unspecified atom stereocenters. The highest BCUT2D eigenvalue weighted by Gasteiger charge is 2.37. The van der Waals surface area contributed by atoms with Crippen LogP contribution in [0, 0.1) is 6.92 Å². The Morgan fingerprint density at radius 2 is 1.92 bits per heavy atom. The number of nitrogens with zero attached hydrogens (tertiary/aromatic N) is 2. The molecule has 0 aliphatic carbocycles. The predicted octanol–water partition coefficient (Wildman–Crippen LogP) is 4.11. The molecule has 3 heterocycles. The van der Waals surface area contributed by atoms with Crippen LogP contribution in [-0.4, -0.2) is 49.8 Å². The molecule has 136 valence electrons. The third kappa shape index (κ3) is 3.23. The maximum absolute atomic E-state index is 13.2. The molecule has 25 heavy (non-hydrogen) atoms. The van der Waals surface area contributed by atoms with Crippen molar-refractivity contribution in [1.82, 2.24) is 9.21 Å². The number of halogens is 1. The average molecular weight is 399 g/mol. The van der Waals surface area contributed by atoms with Gasteiger partial charge >= 0.3 is 0 Å². The Hall–Kier alpha value is -0.660. The molecule has 1 aromatic heterocycles. The number of sulfonamides is 1. The van der Waals surface area contributed by atoms with E-state index in [1.165, 1.54) is 30.6 Å². The van der Waals surface area contributed by atoms with E-state index in [1.54, 1.807) is 4.31 Å². The lowest BCUT2D eigenvalue weighted by atomic mass is 10.1. The third-order valence-corrected chi connectivity index (χ3v) is 9.43. The largest absolute Gasteiger partial charge is 0.299 e. The molecule has 2 aromatic rings. The van der Waals surface area contributed by atoms with E-state index in [0.29, 0.717) is 28.4 Å². The number of piperidine rings is 1. The highest BCUT2D eigenvalue weighted by atomic mass is 35.5. The summed E-state index contributed by atoms with van der Waals surface area (Å²) in [5.74, 6) is 0. The lowest BCUT2D eigenvalue weighted by molar-refractivity contribution is 0.169. The van der Waals surface area contributed by atoms with E-state index >= 15 is 0 Å². The lowest BCUT2D eigenvalue weighted by Crippen LogP contribution is -2.41. The minimum Gasteiger partial charge on any atom is -0.299 e. The van der Waals surface area contributed by atoms with Crippen molar-refractivity contribution in [3.63, 3.8) is 0 Å². The minimum atomic E-state index is -3.43. The summed E-state index contributed by atoms with van der Waals surface area (Å²) >= 11 is 7.45. The van der Waals surface area contributed by atoms with Gasteiger partial charge in [-0.15, -0.1) is 11.3 Å². The van der Waals surface area contributed by atoms with Crippen LogP contribution in [0.15, 0.2) is 22.4 Å². The minimum absolute atomic E-state index is 0.374. The van der Waals surface area contributed by atoms with Gasteiger partial charge in [-0.05, 0) is 68.4 Å². The van der Waals surface area contributed by atoms with Crippen molar-refractivity contribution in [2.45, 2.75) is 42.9 Å². The number of rotatable bonds is 3. The molecule has 0 radical (unpaired) electrons. The van der Waals surface area contributed by atoms with E-state index < -0.39 is 10.0 Å². The van der Waals surface area contributed by atoms with Crippen molar-refractivity contribution in [2.75, 3.05) is 26.2 Å². The van der Waals surface area contributed by atoms with Crippen LogP contribution in [0.4, 0.5) is 0 Å². The van der Waals surface area contributed by atoms with Gasteiger partial charge in [-0.3, -0.25) is 4.90 Å². The number of thiophene rings is 1. The molecule has 0 saturated carbocycles. The molecule has 1 atom stereocenters. The van der Waals surface area contributed by atoms with Crippen molar-refractivity contribution < 1.29 is 8.42 Å². The lowest BCUT2D eigenvalue weighted by Gasteiger charge is -2.32. The molecule has 2 fully saturated rings. The van der Waals surface area contributed by atoms with Crippen molar-refractivity contribution in [1.29, 1.82) is 0 Å². The molecule has 7 heteroatoms. The fourth-order valence-corrected chi connectivity index (χ4v) is 7.59. The van der Waals surface area contributed by atoms with Gasteiger partial charge in [0.1, 0.15) is 4.21 Å². The topological polar surface area (TPSA) is 40.6 Å². The fourth-order valence-electron chi connectivity index (χ4n) is 4.04. The molecule has 4 nitrogen and oxygen atoms in total. The number of fused-ring (bicyclic) bond motifs is 1. The Labute approximate surface area is 158 Å². The molecule has 1 aromatic carbocycles. The molecular formula is C18H23ClN2O2S2. The Morgan fingerprint density at radius 1 is 1.16 bits per heavy atom. The number of likely N-dealkylation sites (tertiary alicyclic amines) is 1. The van der Waals surface area contributed by atoms with Crippen LogP contribution in [0.2, 0.25) is 5.02 Å². The molecule has 4 rings (SSSR count). The molecule has 0 spiro atoms. The van der Waals surface area contributed by atoms with Gasteiger partial charge in [-0.25, -0.2) is 8.42 Å². The first-order valence-electron chi connectivity index (χ1n) is 8.89. The predicted molar refractivity (Wildman–Crippen MR) is 104 cm³/mol. The van der Waals surface area contributed by atoms with Gasteiger partial charge in [0.2, 0.25) is 0 Å². The van der Waals surface area contributed by atoms with Crippen LogP contribution in [0.5, 0.6) is 0 Å². The zero-order valence-electron chi connectivity index (χ0n) is 14.4. The summed E-state index contributed by atoms with van der Waals surface area (Å²) in [6.45, 7) is 5.35. The summed E-state index contributed by atoms with van der Waals surface area (Å²) in [4.78, 5) is 2.48. The van der Waals surface area contributed by atoms with Crippen molar-refractivity contribution in [3.05, 3.63) is 28.8 Å². The highest BCUT2D eigenvalue weighted by Crippen LogP contribution is 2.38. The average Bonchev–Trinajstić information content (AvgIpc) is 3.22. The maximum atomic E-state index is 13.2. The maximum Gasteiger partial charge on any atom is 0.252 e. The van der Waals surface area contributed by atoms with Gasteiger partial charge in [-0.2, -0.15) is 4.31 Å². The second kappa shape index (κ2) is 6.82. The van der Waals surface area contributed by atoms with Crippen LogP contribution in [-0.2, 0) is 10.0 Å². The number of aryl methyl sites for hydroxylation is 1. The Morgan fingerprint density at radius 3 is 2.68 bits per heavy atom. The van der Waals surface area contributed by atoms with E-state index in [4.69, 9.17) is 11.6 Å². The normalized spacial score (nSPS) is 23.5. The first kappa shape index (κ1) is 17.7. The summed E-state index contributed by atoms with van der Waals surface area (Å²) < 4.78 is 29.6. The zero-order chi connectivity index (χ0) is 17.6. The van der Waals surface area contributed by atoms with Crippen LogP contribution in [0.1, 0.15) is 31.2 Å². The van der Waals surface area contributed by atoms with Gasteiger partial charge in [-0.1, -0.05) is 18.0 Å². The Kier molecular flexibility index (Phi) is 4.84. The second-order valence-corrected chi connectivity index (χ2v) is 10.7. The Bertz CT molecular complexity index is 888. The van der Waals surface area contributed by atoms with Crippen LogP contribution < -0.4 is 0 Å². The molecule has 0 N–H and O–H groups in total. The van der Waals surface area contributed by atoms with E-state index in [-0.39, 0.29) is 0 Å². The van der Waals surface area contributed by atoms with Crippen LogP contribution in [0.3, 0.4) is 0 Å². The summed E-state index contributed by atoms with van der Waals surface area (Å²) in [6, 6.07) is 5.97. The quantitative estimate of drug-likeness (QED) is 0.781. The standard InChI is InChI=1S/C18H23ClN2O2S2/c1-13-16-11-14(19)5-6-17(16)24-18(13)25(22,23)21-10-7-15(12-21)20-8-3-2-4-9-20/h5-6,11,15H,2-4,7-10,12H2,1H3/t15-/m0/s1. The van der Waals surface area contributed by atoms with Gasteiger partial charge in [0.15, 0.2) is 0 Å².